The molecule has 2 heterocycles. The molecule has 0 bridgehead atoms. The molecule has 0 amide bonds. The van der Waals surface area contributed by atoms with Crippen molar-refractivity contribution in [1.29, 1.82) is 0 Å². The van der Waals surface area contributed by atoms with E-state index in [9.17, 15) is 14.4 Å². The first-order valence-corrected chi connectivity index (χ1v) is 7.60. The van der Waals surface area contributed by atoms with Crippen LogP contribution in [0, 0.1) is 0 Å². The molecule has 1 N–H and O–H groups in total. The van der Waals surface area contributed by atoms with Crippen LogP contribution < -0.4 is 4.57 Å². The van der Waals surface area contributed by atoms with Crippen molar-refractivity contribution in [3.8, 4) is 0 Å². The Morgan fingerprint density at radius 2 is 2.12 bits per heavy atom. The summed E-state index contributed by atoms with van der Waals surface area (Å²) in [4.78, 5) is 32.3. The largest absolute Gasteiger partial charge is 0.477 e. The summed E-state index contributed by atoms with van der Waals surface area (Å²) in [7, 11) is 3.25. The molecule has 1 aromatic rings. The number of rotatable bonds is 6. The van der Waals surface area contributed by atoms with Crippen molar-refractivity contribution in [2.24, 2.45) is 0 Å². The lowest BCUT2D eigenvalue weighted by atomic mass is 10.2. The second-order valence-electron chi connectivity index (χ2n) is 5.17. The first-order chi connectivity index (χ1) is 12.0. The number of hydrogen-bond donors (Lipinski definition) is 1. The molecule has 1 aliphatic heterocycles. The summed E-state index contributed by atoms with van der Waals surface area (Å²) < 4.78 is 16.6. The van der Waals surface area contributed by atoms with Crippen LogP contribution in [0.3, 0.4) is 0 Å². The number of hydrogen-bond acceptors (Lipinski definition) is 6. The molecule has 1 fully saturated rings. The maximum absolute atomic E-state index is 11.2. The molecule has 1 aromatic heterocycles. The van der Waals surface area contributed by atoms with E-state index in [0.717, 1.165) is 12.2 Å². The Morgan fingerprint density at radius 1 is 1.40 bits per heavy atom. The van der Waals surface area contributed by atoms with Crippen LogP contribution in [0.15, 0.2) is 36.7 Å². The van der Waals surface area contributed by atoms with Crippen LogP contribution >= 0.6 is 0 Å². The van der Waals surface area contributed by atoms with Crippen LogP contribution in [0.2, 0.25) is 0 Å². The van der Waals surface area contributed by atoms with Gasteiger partial charge in [-0.2, -0.15) is 4.57 Å². The molecule has 1 aliphatic rings. The molecule has 2 rings (SSSR count). The van der Waals surface area contributed by atoms with Gasteiger partial charge >= 0.3 is 11.9 Å². The third-order valence-corrected chi connectivity index (χ3v) is 3.21. The molecule has 2 unspecified atom stereocenters. The van der Waals surface area contributed by atoms with Crippen LogP contribution in [-0.4, -0.2) is 50.3 Å². The molecule has 8 heteroatoms. The minimum atomic E-state index is -1.00. The van der Waals surface area contributed by atoms with E-state index in [1.807, 2.05) is 0 Å². The maximum Gasteiger partial charge on any atom is 0.341 e. The lowest BCUT2D eigenvalue weighted by Crippen LogP contribution is -2.40. The number of carboxylic acids is 1. The Morgan fingerprint density at radius 3 is 2.76 bits per heavy atom. The van der Waals surface area contributed by atoms with Gasteiger partial charge in [0, 0.05) is 32.8 Å². The van der Waals surface area contributed by atoms with Crippen molar-refractivity contribution < 1.29 is 38.3 Å². The van der Waals surface area contributed by atoms with Crippen LogP contribution in [0.25, 0.3) is 0 Å². The highest BCUT2D eigenvalue weighted by atomic mass is 16.6. The fourth-order valence-corrected chi connectivity index (χ4v) is 2.17. The van der Waals surface area contributed by atoms with Gasteiger partial charge in [0.1, 0.15) is 18.5 Å². The van der Waals surface area contributed by atoms with Crippen LogP contribution in [0.4, 0.5) is 0 Å². The first kappa shape index (κ1) is 20.5. The van der Waals surface area contributed by atoms with Gasteiger partial charge in [0.05, 0.1) is 6.10 Å². The molecule has 0 aromatic carbocycles. The van der Waals surface area contributed by atoms with E-state index in [1.165, 1.54) is 12.3 Å². The molecule has 136 valence electrons. The van der Waals surface area contributed by atoms with Crippen molar-refractivity contribution in [3.05, 3.63) is 42.2 Å². The highest BCUT2D eigenvalue weighted by Gasteiger charge is 2.32. The van der Waals surface area contributed by atoms with Gasteiger partial charge in [-0.05, 0) is 18.6 Å². The Hall–Kier alpha value is -2.58. The van der Waals surface area contributed by atoms with E-state index in [1.54, 1.807) is 31.0 Å². The number of ether oxygens (including phenoxy) is 3. The van der Waals surface area contributed by atoms with E-state index in [4.69, 9.17) is 14.6 Å². The molecule has 25 heavy (non-hydrogen) atoms. The third-order valence-electron chi connectivity index (χ3n) is 3.21. The summed E-state index contributed by atoms with van der Waals surface area (Å²) in [6.07, 6.45) is 6.70. The van der Waals surface area contributed by atoms with Crippen molar-refractivity contribution in [1.82, 2.24) is 0 Å². The topological polar surface area (TPSA) is 103 Å². The molecule has 2 atom stereocenters. The summed E-state index contributed by atoms with van der Waals surface area (Å²) in [5.74, 6) is -1.60. The number of nitrogens with zero attached hydrogens (tertiary/aromatic N) is 1. The van der Waals surface area contributed by atoms with Gasteiger partial charge in [-0.3, -0.25) is 4.79 Å². The highest BCUT2D eigenvalue weighted by Crippen LogP contribution is 2.24. The lowest BCUT2D eigenvalue weighted by Gasteiger charge is -2.10. The third kappa shape index (κ3) is 7.23. The molecule has 0 spiro atoms. The van der Waals surface area contributed by atoms with E-state index < -0.39 is 11.9 Å². The lowest BCUT2D eigenvalue weighted by molar-refractivity contribution is -0.759. The van der Waals surface area contributed by atoms with Gasteiger partial charge in [0.15, 0.2) is 12.4 Å². The molecular weight excluding hydrogens is 330 g/mol. The normalized spacial score (nSPS) is 19.1. The van der Waals surface area contributed by atoms with E-state index in [0.29, 0.717) is 19.1 Å². The van der Waals surface area contributed by atoms with Crippen LogP contribution in [-0.2, 0) is 23.8 Å². The standard InChI is InChI=1S/C15H15NO6.C2H6O/c17-8-2-4-14(18)21-10-12-5-6-13(22-12)16-7-1-3-11(9-16)15(19)20;1-3-2/h1-4,7-9,12-13H,5-6,10H2;1-2H3/p+1/b4-2+;. The summed E-state index contributed by atoms with van der Waals surface area (Å²) >= 11 is 0. The zero-order valence-electron chi connectivity index (χ0n) is 14.2. The van der Waals surface area contributed by atoms with Crippen LogP contribution in [0.5, 0.6) is 0 Å². The zero-order valence-corrected chi connectivity index (χ0v) is 14.2. The number of esters is 1. The number of aromatic carboxylic acids is 1. The number of carboxylic acid groups (broad SMARTS) is 1. The SMILES string of the molecule is COC.O=C/C=C/C(=O)OCC1CCC([n+]2cccc(C(=O)O)c2)O1. The number of allylic oxidation sites excluding steroid dienone is 1. The number of pyridine rings is 1. The van der Waals surface area contributed by atoms with Crippen molar-refractivity contribution in [3.63, 3.8) is 0 Å². The Labute approximate surface area is 145 Å². The second-order valence-corrected chi connectivity index (χ2v) is 5.17. The van der Waals surface area contributed by atoms with E-state index >= 15 is 0 Å². The van der Waals surface area contributed by atoms with Gasteiger partial charge in [-0.25, -0.2) is 9.59 Å². The van der Waals surface area contributed by atoms with Gasteiger partial charge in [-0.1, -0.05) is 0 Å². The average Bonchev–Trinajstić information content (AvgIpc) is 3.08. The molecule has 1 saturated heterocycles. The average molecular weight is 352 g/mol. The van der Waals surface area contributed by atoms with Crippen molar-refractivity contribution >= 4 is 18.2 Å². The smallest absolute Gasteiger partial charge is 0.341 e. The Kier molecular flexibility index (Phi) is 9.05. The number of carbonyl (C=O) groups is 3. The van der Waals surface area contributed by atoms with Crippen molar-refractivity contribution in [2.75, 3.05) is 20.8 Å². The number of methoxy groups -OCH3 is 1. The Balaban J connectivity index is 0.000000970. The molecular formula is C17H22NO7+. The zero-order chi connectivity index (χ0) is 18.7. The molecule has 8 nitrogen and oxygen atoms in total. The number of aldehydes is 1. The molecule has 0 radical (unpaired) electrons. The van der Waals surface area contributed by atoms with Gasteiger partial charge in [0.2, 0.25) is 0 Å². The fourth-order valence-electron chi connectivity index (χ4n) is 2.17. The fraction of sp³-hybridized carbons (Fsp3) is 0.412. The number of aromatic nitrogens is 1. The van der Waals surface area contributed by atoms with E-state index in [2.05, 4.69) is 4.74 Å². The van der Waals surface area contributed by atoms with Crippen molar-refractivity contribution in [2.45, 2.75) is 25.2 Å². The minimum Gasteiger partial charge on any atom is -0.477 e. The maximum atomic E-state index is 11.2. The van der Waals surface area contributed by atoms with Gasteiger partial charge in [0.25, 0.3) is 6.23 Å². The second kappa shape index (κ2) is 11.1. The molecule has 0 aliphatic carbocycles. The number of carbonyl (C=O) groups excluding carboxylic acids is 2. The van der Waals surface area contributed by atoms with Gasteiger partial charge < -0.3 is 19.3 Å². The predicted octanol–water partition coefficient (Wildman–Crippen LogP) is 0.911. The quantitative estimate of drug-likeness (QED) is 0.351. The highest BCUT2D eigenvalue weighted by molar-refractivity contribution is 5.87. The summed E-state index contributed by atoms with van der Waals surface area (Å²) in [6, 6.07) is 3.15. The minimum absolute atomic E-state index is 0.0950. The first-order valence-electron chi connectivity index (χ1n) is 7.60. The summed E-state index contributed by atoms with van der Waals surface area (Å²) in [5.41, 5.74) is 0.181. The van der Waals surface area contributed by atoms with Gasteiger partial charge in [-0.15, -0.1) is 0 Å². The summed E-state index contributed by atoms with van der Waals surface area (Å²) in [6.45, 7) is 0.0950. The monoisotopic (exact) mass is 352 g/mol. The summed E-state index contributed by atoms with van der Waals surface area (Å²) in [5, 5.41) is 8.98. The molecule has 0 saturated carbocycles. The van der Waals surface area contributed by atoms with E-state index in [-0.39, 0.29) is 24.5 Å². The predicted molar refractivity (Wildman–Crippen MR) is 85.8 cm³/mol. The van der Waals surface area contributed by atoms with Crippen LogP contribution in [0.1, 0.15) is 29.4 Å². The Bertz CT molecular complexity index is 615.